The third-order valence-corrected chi connectivity index (χ3v) is 2.44. The summed E-state index contributed by atoms with van der Waals surface area (Å²) in [6, 6.07) is 0. The highest BCUT2D eigenvalue weighted by Gasteiger charge is 2.08. The van der Waals surface area contributed by atoms with E-state index in [0.717, 1.165) is 19.3 Å². The molecule has 0 rings (SSSR count). The molecule has 0 saturated carbocycles. The van der Waals surface area contributed by atoms with Crippen LogP contribution >= 0.6 is 0 Å². The van der Waals surface area contributed by atoms with Crippen LogP contribution in [-0.2, 0) is 0 Å². The number of aliphatic hydroxyl groups is 1. The summed E-state index contributed by atoms with van der Waals surface area (Å²) in [5.41, 5.74) is 0. The minimum Gasteiger partial charge on any atom is -0.394 e. The quantitative estimate of drug-likeness (QED) is 0.471. The molecule has 0 aromatic rings. The predicted molar refractivity (Wildman–Crippen MR) is 58.9 cm³/mol. The highest BCUT2D eigenvalue weighted by atomic mass is 16.3. The second-order valence-corrected chi connectivity index (χ2v) is 4.02. The first-order valence-electron chi connectivity index (χ1n) is 5.10. The van der Waals surface area contributed by atoms with Crippen molar-refractivity contribution in [3.63, 3.8) is 0 Å². The SMILES string of the molecule is [B]C[C@@H](O)CCC(C)CC(C)C=C. The van der Waals surface area contributed by atoms with Gasteiger partial charge in [-0.25, -0.2) is 0 Å². The highest BCUT2D eigenvalue weighted by molar-refractivity contribution is 6.08. The van der Waals surface area contributed by atoms with Gasteiger partial charge in [0.1, 0.15) is 0 Å². The van der Waals surface area contributed by atoms with E-state index in [0.29, 0.717) is 18.2 Å². The lowest BCUT2D eigenvalue weighted by Gasteiger charge is -2.15. The zero-order valence-electron chi connectivity index (χ0n) is 8.87. The van der Waals surface area contributed by atoms with Crippen molar-refractivity contribution in [1.29, 1.82) is 0 Å². The van der Waals surface area contributed by atoms with Crippen molar-refractivity contribution in [2.24, 2.45) is 11.8 Å². The molecule has 74 valence electrons. The second kappa shape index (κ2) is 7.20. The summed E-state index contributed by atoms with van der Waals surface area (Å²) in [5.74, 6) is 1.22. The van der Waals surface area contributed by atoms with Gasteiger partial charge < -0.3 is 5.11 Å². The van der Waals surface area contributed by atoms with Crippen molar-refractivity contribution in [2.75, 3.05) is 0 Å². The van der Waals surface area contributed by atoms with Crippen LogP contribution in [0.3, 0.4) is 0 Å². The van der Waals surface area contributed by atoms with E-state index < -0.39 is 0 Å². The van der Waals surface area contributed by atoms with Crippen molar-refractivity contribution in [3.8, 4) is 0 Å². The molecule has 0 spiro atoms. The van der Waals surface area contributed by atoms with Crippen LogP contribution in [0.1, 0.15) is 33.1 Å². The zero-order valence-corrected chi connectivity index (χ0v) is 8.87. The Labute approximate surface area is 83.6 Å². The molecule has 1 nitrogen and oxygen atoms in total. The number of hydrogen-bond donors (Lipinski definition) is 1. The van der Waals surface area contributed by atoms with Gasteiger partial charge >= 0.3 is 0 Å². The zero-order chi connectivity index (χ0) is 10.3. The Kier molecular flexibility index (Phi) is 7.07. The van der Waals surface area contributed by atoms with Crippen LogP contribution in [0.25, 0.3) is 0 Å². The molecule has 1 N–H and O–H groups in total. The average molecular weight is 180 g/mol. The Morgan fingerprint density at radius 3 is 2.46 bits per heavy atom. The highest BCUT2D eigenvalue weighted by Crippen LogP contribution is 2.18. The van der Waals surface area contributed by atoms with Crippen LogP contribution in [0.4, 0.5) is 0 Å². The van der Waals surface area contributed by atoms with Gasteiger partial charge in [-0.1, -0.05) is 26.2 Å². The lowest BCUT2D eigenvalue weighted by atomic mass is 9.89. The Morgan fingerprint density at radius 2 is 2.00 bits per heavy atom. The molecular weight excluding hydrogens is 159 g/mol. The van der Waals surface area contributed by atoms with Crippen molar-refractivity contribution in [2.45, 2.75) is 45.5 Å². The molecule has 0 aliphatic rings. The number of aliphatic hydroxyl groups excluding tert-OH is 1. The standard InChI is InChI=1S/C11H21BO/c1-4-9(2)7-10(3)5-6-11(13)8-12/h4,9-11,13H,1,5-8H2,2-3H3/t9?,10?,11-/m0/s1. The van der Waals surface area contributed by atoms with Crippen LogP contribution in [-0.4, -0.2) is 19.1 Å². The fourth-order valence-electron chi connectivity index (χ4n) is 1.44. The molecule has 0 bridgehead atoms. The van der Waals surface area contributed by atoms with Gasteiger partial charge in [0.2, 0.25) is 0 Å². The Balaban J connectivity index is 3.50. The molecule has 0 aliphatic heterocycles. The molecule has 0 fully saturated rings. The van der Waals surface area contributed by atoms with Crippen molar-refractivity contribution >= 4 is 7.85 Å². The maximum atomic E-state index is 9.25. The third-order valence-electron chi connectivity index (χ3n) is 2.44. The van der Waals surface area contributed by atoms with E-state index in [-0.39, 0.29) is 6.10 Å². The first-order chi connectivity index (χ1) is 6.10. The van der Waals surface area contributed by atoms with E-state index in [1.807, 2.05) is 6.08 Å². The molecule has 0 aromatic carbocycles. The topological polar surface area (TPSA) is 20.2 Å². The largest absolute Gasteiger partial charge is 0.394 e. The van der Waals surface area contributed by atoms with Gasteiger partial charge in [0.15, 0.2) is 0 Å². The Hall–Kier alpha value is -0.235. The van der Waals surface area contributed by atoms with Crippen LogP contribution in [0.2, 0.25) is 6.32 Å². The van der Waals surface area contributed by atoms with E-state index in [2.05, 4.69) is 20.4 Å². The van der Waals surface area contributed by atoms with Gasteiger partial charge in [-0.05, 0) is 31.1 Å². The molecule has 13 heavy (non-hydrogen) atoms. The maximum absolute atomic E-state index is 9.25. The first kappa shape index (κ1) is 12.8. The summed E-state index contributed by atoms with van der Waals surface area (Å²) in [6.45, 7) is 8.14. The third kappa shape index (κ3) is 6.88. The molecule has 0 heterocycles. The van der Waals surface area contributed by atoms with Crippen LogP contribution in [0.15, 0.2) is 12.7 Å². The van der Waals surface area contributed by atoms with Gasteiger partial charge in [0.05, 0.1) is 7.85 Å². The summed E-state index contributed by atoms with van der Waals surface area (Å²) >= 11 is 0. The van der Waals surface area contributed by atoms with Crippen molar-refractivity contribution in [1.82, 2.24) is 0 Å². The lowest BCUT2D eigenvalue weighted by Crippen LogP contribution is -2.09. The lowest BCUT2D eigenvalue weighted by molar-refractivity contribution is 0.173. The van der Waals surface area contributed by atoms with Gasteiger partial charge in [-0.2, -0.15) is 0 Å². The van der Waals surface area contributed by atoms with E-state index in [1.165, 1.54) is 0 Å². The number of rotatable bonds is 7. The summed E-state index contributed by atoms with van der Waals surface area (Å²) in [5, 5.41) is 9.25. The smallest absolute Gasteiger partial charge is 0.0687 e. The molecule has 2 heteroatoms. The molecule has 2 radical (unpaired) electrons. The molecule has 3 atom stereocenters. The van der Waals surface area contributed by atoms with E-state index in [9.17, 15) is 5.11 Å². The molecule has 0 aliphatic carbocycles. The monoisotopic (exact) mass is 180 g/mol. The fourth-order valence-corrected chi connectivity index (χ4v) is 1.44. The molecular formula is C11H21BO. The number of allylic oxidation sites excluding steroid dienone is 1. The number of hydrogen-bond acceptors (Lipinski definition) is 1. The predicted octanol–water partition coefficient (Wildman–Crippen LogP) is 2.56. The Morgan fingerprint density at radius 1 is 1.38 bits per heavy atom. The molecule has 0 amide bonds. The summed E-state index contributed by atoms with van der Waals surface area (Å²) in [4.78, 5) is 0. The van der Waals surface area contributed by atoms with Gasteiger partial charge in [0, 0.05) is 6.10 Å². The minimum atomic E-state index is -0.318. The van der Waals surface area contributed by atoms with Gasteiger partial charge in [0.25, 0.3) is 0 Å². The first-order valence-corrected chi connectivity index (χ1v) is 5.10. The van der Waals surface area contributed by atoms with Gasteiger partial charge in [-0.15, -0.1) is 6.58 Å². The summed E-state index contributed by atoms with van der Waals surface area (Å²) in [6.07, 6.45) is 5.07. The normalized spacial score (nSPS) is 17.8. The summed E-state index contributed by atoms with van der Waals surface area (Å²) in [7, 11) is 5.32. The van der Waals surface area contributed by atoms with E-state index in [4.69, 9.17) is 7.85 Å². The molecule has 0 aromatic heterocycles. The van der Waals surface area contributed by atoms with Crippen LogP contribution in [0.5, 0.6) is 0 Å². The Bertz CT molecular complexity index is 136. The van der Waals surface area contributed by atoms with Crippen molar-refractivity contribution in [3.05, 3.63) is 12.7 Å². The molecule has 2 unspecified atom stereocenters. The van der Waals surface area contributed by atoms with E-state index in [1.54, 1.807) is 0 Å². The van der Waals surface area contributed by atoms with Crippen molar-refractivity contribution < 1.29 is 5.11 Å². The average Bonchev–Trinajstić information content (AvgIpc) is 2.13. The summed E-state index contributed by atoms with van der Waals surface area (Å²) < 4.78 is 0. The van der Waals surface area contributed by atoms with Gasteiger partial charge in [-0.3, -0.25) is 0 Å². The van der Waals surface area contributed by atoms with Crippen LogP contribution < -0.4 is 0 Å². The van der Waals surface area contributed by atoms with Crippen LogP contribution in [0, 0.1) is 11.8 Å². The molecule has 0 saturated heterocycles. The second-order valence-electron chi connectivity index (χ2n) is 4.02. The maximum Gasteiger partial charge on any atom is 0.0687 e. The van der Waals surface area contributed by atoms with E-state index >= 15 is 0 Å². The minimum absolute atomic E-state index is 0.318. The fraction of sp³-hybridized carbons (Fsp3) is 0.818.